The molecule has 2 heterocycles. The van der Waals surface area contributed by atoms with Crippen LogP contribution >= 0.6 is 0 Å². The molecule has 21 heavy (non-hydrogen) atoms. The first-order chi connectivity index (χ1) is 10.0. The highest BCUT2D eigenvalue weighted by molar-refractivity contribution is 5.83. The number of amides is 1. The minimum Gasteiger partial charge on any atom is -0.491 e. The smallest absolute Gasteiger partial charge is 0.228 e. The number of aromatic nitrogens is 1. The van der Waals surface area contributed by atoms with Gasteiger partial charge in [0.25, 0.3) is 0 Å². The Morgan fingerprint density at radius 3 is 3.10 bits per heavy atom. The van der Waals surface area contributed by atoms with Gasteiger partial charge in [0.05, 0.1) is 13.1 Å². The summed E-state index contributed by atoms with van der Waals surface area (Å²) in [4.78, 5) is 18.9. The van der Waals surface area contributed by atoms with Crippen molar-refractivity contribution in [2.45, 2.75) is 26.8 Å². The van der Waals surface area contributed by atoms with E-state index < -0.39 is 5.41 Å². The molecule has 114 valence electrons. The normalized spacial score (nSPS) is 24.8. The van der Waals surface area contributed by atoms with Crippen molar-refractivity contribution in [3.05, 3.63) is 24.0 Å². The molecule has 1 aliphatic carbocycles. The lowest BCUT2D eigenvalue weighted by Crippen LogP contribution is -2.43. The van der Waals surface area contributed by atoms with E-state index in [1.54, 1.807) is 12.4 Å². The van der Waals surface area contributed by atoms with Gasteiger partial charge in [-0.15, -0.1) is 0 Å². The Morgan fingerprint density at radius 2 is 2.38 bits per heavy atom. The SMILES string of the molecule is CC(C)(C(=O)N1CCOc2ccncc2C1)C1CC1CO. The Hall–Kier alpha value is -1.62. The Kier molecular flexibility index (Phi) is 3.61. The molecule has 0 aromatic carbocycles. The maximum Gasteiger partial charge on any atom is 0.228 e. The Morgan fingerprint density at radius 1 is 1.57 bits per heavy atom. The van der Waals surface area contributed by atoms with Crippen molar-refractivity contribution in [3.63, 3.8) is 0 Å². The first-order valence-electron chi connectivity index (χ1n) is 7.50. The van der Waals surface area contributed by atoms with Gasteiger partial charge in [0.1, 0.15) is 12.4 Å². The highest BCUT2D eigenvalue weighted by atomic mass is 16.5. The van der Waals surface area contributed by atoms with Gasteiger partial charge in [0.2, 0.25) is 5.91 Å². The van der Waals surface area contributed by atoms with Crippen LogP contribution in [0.5, 0.6) is 5.75 Å². The minimum absolute atomic E-state index is 0.142. The van der Waals surface area contributed by atoms with Crippen LogP contribution in [-0.4, -0.2) is 40.7 Å². The van der Waals surface area contributed by atoms with Crippen LogP contribution in [0.1, 0.15) is 25.8 Å². The number of aliphatic hydroxyl groups is 1. The van der Waals surface area contributed by atoms with E-state index in [2.05, 4.69) is 4.98 Å². The van der Waals surface area contributed by atoms with Gasteiger partial charge in [-0.1, -0.05) is 13.8 Å². The third-order valence-corrected chi connectivity index (χ3v) is 4.76. The molecule has 2 unspecified atom stereocenters. The van der Waals surface area contributed by atoms with Gasteiger partial charge < -0.3 is 14.7 Å². The van der Waals surface area contributed by atoms with Gasteiger partial charge in [-0.05, 0) is 24.3 Å². The summed E-state index contributed by atoms with van der Waals surface area (Å²) in [5.41, 5.74) is 0.522. The fourth-order valence-electron chi connectivity index (χ4n) is 3.30. The predicted octanol–water partition coefficient (Wildman–Crippen LogP) is 1.46. The zero-order valence-electron chi connectivity index (χ0n) is 12.6. The van der Waals surface area contributed by atoms with Crippen molar-refractivity contribution >= 4 is 5.91 Å². The maximum absolute atomic E-state index is 12.9. The summed E-state index contributed by atoms with van der Waals surface area (Å²) in [6.07, 6.45) is 4.41. The summed E-state index contributed by atoms with van der Waals surface area (Å²) in [6, 6.07) is 1.84. The van der Waals surface area contributed by atoms with Crippen molar-refractivity contribution < 1.29 is 14.6 Å². The molecule has 3 rings (SSSR count). The van der Waals surface area contributed by atoms with Crippen LogP contribution in [0.25, 0.3) is 0 Å². The highest BCUT2D eigenvalue weighted by Crippen LogP contribution is 2.51. The van der Waals surface area contributed by atoms with Crippen molar-refractivity contribution in [1.29, 1.82) is 0 Å². The van der Waals surface area contributed by atoms with Crippen molar-refractivity contribution in [1.82, 2.24) is 9.88 Å². The van der Waals surface area contributed by atoms with Crippen molar-refractivity contribution in [3.8, 4) is 5.75 Å². The molecular weight excluding hydrogens is 268 g/mol. The minimum atomic E-state index is -0.430. The zero-order chi connectivity index (χ0) is 15.0. The maximum atomic E-state index is 12.9. The molecule has 0 spiro atoms. The molecule has 2 aliphatic rings. The van der Waals surface area contributed by atoms with Crippen LogP contribution in [0.15, 0.2) is 18.5 Å². The van der Waals surface area contributed by atoms with Gasteiger partial charge in [-0.3, -0.25) is 9.78 Å². The molecule has 1 fully saturated rings. The molecule has 5 heteroatoms. The van der Waals surface area contributed by atoms with E-state index in [-0.39, 0.29) is 24.3 Å². The molecule has 1 saturated carbocycles. The van der Waals surface area contributed by atoms with E-state index >= 15 is 0 Å². The van der Waals surface area contributed by atoms with Gasteiger partial charge in [-0.25, -0.2) is 0 Å². The standard InChI is InChI=1S/C16H22N2O3/c1-16(2,13-7-11(13)10-19)15(20)18-5-6-21-14-3-4-17-8-12(14)9-18/h3-4,8,11,13,19H,5-7,9-10H2,1-2H3. The highest BCUT2D eigenvalue weighted by Gasteiger charge is 2.52. The van der Waals surface area contributed by atoms with Crippen LogP contribution in [0.4, 0.5) is 0 Å². The molecule has 2 atom stereocenters. The first kappa shape index (κ1) is 14.3. The van der Waals surface area contributed by atoms with E-state index in [4.69, 9.17) is 4.74 Å². The average Bonchev–Trinajstić information content (AvgIpc) is 3.28. The number of ether oxygens (including phenoxy) is 1. The molecule has 1 aromatic rings. The quantitative estimate of drug-likeness (QED) is 0.915. The van der Waals surface area contributed by atoms with Crippen LogP contribution in [0, 0.1) is 17.3 Å². The van der Waals surface area contributed by atoms with Crippen LogP contribution in [0.3, 0.4) is 0 Å². The molecular formula is C16H22N2O3. The van der Waals surface area contributed by atoms with Crippen LogP contribution in [-0.2, 0) is 11.3 Å². The molecule has 0 bridgehead atoms. The number of carbonyl (C=O) groups is 1. The third-order valence-electron chi connectivity index (χ3n) is 4.76. The topological polar surface area (TPSA) is 62.7 Å². The summed E-state index contributed by atoms with van der Waals surface area (Å²) in [5.74, 6) is 1.52. The fourth-order valence-corrected chi connectivity index (χ4v) is 3.30. The molecule has 0 radical (unpaired) electrons. The van der Waals surface area contributed by atoms with Crippen molar-refractivity contribution in [2.24, 2.45) is 17.3 Å². The number of hydrogen-bond donors (Lipinski definition) is 1. The van der Waals surface area contributed by atoms with E-state index in [1.165, 1.54) is 0 Å². The second-order valence-corrected chi connectivity index (χ2v) is 6.57. The first-order valence-corrected chi connectivity index (χ1v) is 7.50. The van der Waals surface area contributed by atoms with Gasteiger partial charge in [0, 0.05) is 30.0 Å². The predicted molar refractivity (Wildman–Crippen MR) is 77.6 cm³/mol. The second kappa shape index (κ2) is 5.30. The lowest BCUT2D eigenvalue weighted by atomic mass is 9.84. The average molecular weight is 290 g/mol. The summed E-state index contributed by atoms with van der Waals surface area (Å²) in [5, 5.41) is 9.25. The second-order valence-electron chi connectivity index (χ2n) is 6.57. The molecule has 1 aromatic heterocycles. The van der Waals surface area contributed by atoms with E-state index in [1.807, 2.05) is 24.8 Å². The largest absolute Gasteiger partial charge is 0.491 e. The fraction of sp³-hybridized carbons (Fsp3) is 0.625. The van der Waals surface area contributed by atoms with Gasteiger partial charge in [0.15, 0.2) is 0 Å². The molecule has 1 amide bonds. The Labute approximate surface area is 124 Å². The summed E-state index contributed by atoms with van der Waals surface area (Å²) in [6.45, 7) is 5.80. The Bertz CT molecular complexity index is 544. The Balaban J connectivity index is 1.76. The van der Waals surface area contributed by atoms with E-state index in [9.17, 15) is 9.90 Å². The van der Waals surface area contributed by atoms with Gasteiger partial charge >= 0.3 is 0 Å². The lowest BCUT2D eigenvalue weighted by molar-refractivity contribution is -0.142. The molecule has 0 saturated heterocycles. The molecule has 1 aliphatic heterocycles. The number of nitrogens with zero attached hydrogens (tertiary/aromatic N) is 2. The number of carbonyl (C=O) groups excluding carboxylic acids is 1. The van der Waals surface area contributed by atoms with Crippen LogP contribution < -0.4 is 4.74 Å². The molecule has 1 N–H and O–H groups in total. The molecule has 5 nitrogen and oxygen atoms in total. The van der Waals surface area contributed by atoms with Crippen LogP contribution in [0.2, 0.25) is 0 Å². The monoisotopic (exact) mass is 290 g/mol. The van der Waals surface area contributed by atoms with Crippen molar-refractivity contribution in [2.75, 3.05) is 19.8 Å². The number of hydrogen-bond acceptors (Lipinski definition) is 4. The number of rotatable bonds is 3. The zero-order valence-corrected chi connectivity index (χ0v) is 12.6. The number of fused-ring (bicyclic) bond motifs is 1. The van der Waals surface area contributed by atoms with Gasteiger partial charge in [-0.2, -0.15) is 0 Å². The number of aliphatic hydroxyl groups excluding tert-OH is 1. The lowest BCUT2D eigenvalue weighted by Gasteiger charge is -2.31. The third kappa shape index (κ3) is 2.62. The summed E-state index contributed by atoms with van der Waals surface area (Å²) >= 11 is 0. The van der Waals surface area contributed by atoms with E-state index in [0.717, 1.165) is 17.7 Å². The summed E-state index contributed by atoms with van der Waals surface area (Å²) < 4.78 is 5.69. The van der Waals surface area contributed by atoms with E-state index in [0.29, 0.717) is 19.7 Å². The summed E-state index contributed by atoms with van der Waals surface area (Å²) in [7, 11) is 0. The number of pyridine rings is 1.